The molecule has 4 aromatic rings. The minimum atomic E-state index is -5.15. The van der Waals surface area contributed by atoms with Gasteiger partial charge >= 0.3 is 12.4 Å². The van der Waals surface area contributed by atoms with Gasteiger partial charge in [-0.3, -0.25) is 9.78 Å². The lowest BCUT2D eigenvalue weighted by molar-refractivity contribution is -0.140. The molecule has 0 aliphatic rings. The average molecular weight is 619 g/mol. The first-order chi connectivity index (χ1) is 19.1. The number of aromatic nitrogens is 1. The van der Waals surface area contributed by atoms with Crippen molar-refractivity contribution in [2.45, 2.75) is 24.3 Å². The highest BCUT2D eigenvalue weighted by atomic mass is 35.5. The van der Waals surface area contributed by atoms with E-state index in [9.17, 15) is 39.9 Å². The van der Waals surface area contributed by atoms with Gasteiger partial charge in [0.05, 0.1) is 21.8 Å². The first kappa shape index (κ1) is 30.3. The Bertz CT molecular complexity index is 1590. The predicted octanol–water partition coefficient (Wildman–Crippen LogP) is 8.62. The minimum absolute atomic E-state index is 0.111. The molecule has 13 heteroatoms. The summed E-state index contributed by atoms with van der Waals surface area (Å²) in [5.74, 6) is -4.19. The van der Waals surface area contributed by atoms with Crippen LogP contribution in [0.3, 0.4) is 0 Å². The summed E-state index contributed by atoms with van der Waals surface area (Å²) < 4.78 is 110. The largest absolute Gasteiger partial charge is 0.419 e. The second-order valence-corrected chi connectivity index (χ2v) is 9.82. The van der Waals surface area contributed by atoms with E-state index in [0.717, 1.165) is 18.3 Å². The van der Waals surface area contributed by atoms with Gasteiger partial charge in [-0.1, -0.05) is 35.3 Å². The summed E-state index contributed by atoms with van der Waals surface area (Å²) in [4.78, 5) is 17.7. The molecule has 0 radical (unpaired) electrons. The molecule has 4 rings (SSSR count). The Hall–Kier alpha value is -3.70. The highest BCUT2D eigenvalue weighted by molar-refractivity contribution is 6.30. The first-order valence-corrected chi connectivity index (χ1v) is 12.3. The standard InChI is InChI=1S/C28H16Cl2F8N2O/c29-19-3-1-2-15(8-19)13-26(24-7-5-20(30)14-39-24,17-10-18(27(33,34)35)12-21(31)11-17)40-25(41)16-4-6-23(32)22(9-16)28(36,37)38/h1-12,14H,13H2,(H,40,41)/t26-/m1/s1. The maximum absolute atomic E-state index is 14.7. The zero-order valence-electron chi connectivity index (χ0n) is 20.3. The van der Waals surface area contributed by atoms with Crippen LogP contribution in [0.25, 0.3) is 0 Å². The molecule has 1 amide bonds. The molecule has 3 nitrogen and oxygen atoms in total. The quantitative estimate of drug-likeness (QED) is 0.220. The van der Waals surface area contributed by atoms with Crippen LogP contribution in [0.1, 0.15) is 38.3 Å². The molecule has 214 valence electrons. The molecule has 0 saturated carbocycles. The molecule has 41 heavy (non-hydrogen) atoms. The van der Waals surface area contributed by atoms with Gasteiger partial charge in [0, 0.05) is 23.2 Å². The zero-order chi connectivity index (χ0) is 30.2. The second kappa shape index (κ2) is 11.3. The maximum atomic E-state index is 14.7. The van der Waals surface area contributed by atoms with Gasteiger partial charge in [0.25, 0.3) is 5.91 Å². The number of rotatable bonds is 6. The van der Waals surface area contributed by atoms with Gasteiger partial charge in [-0.2, -0.15) is 26.3 Å². The first-order valence-electron chi connectivity index (χ1n) is 11.5. The van der Waals surface area contributed by atoms with Crippen LogP contribution in [-0.2, 0) is 24.3 Å². The number of pyridine rings is 1. The molecule has 0 saturated heterocycles. The van der Waals surface area contributed by atoms with Crippen molar-refractivity contribution in [3.8, 4) is 0 Å². The Morgan fingerprint density at radius 1 is 0.780 bits per heavy atom. The van der Waals surface area contributed by atoms with E-state index in [2.05, 4.69) is 10.3 Å². The molecule has 0 unspecified atom stereocenters. The van der Waals surface area contributed by atoms with Crippen LogP contribution < -0.4 is 5.32 Å². The van der Waals surface area contributed by atoms with Crippen molar-refractivity contribution in [3.63, 3.8) is 0 Å². The molecular formula is C28H16Cl2F8N2O. The van der Waals surface area contributed by atoms with Gasteiger partial charge in [0.2, 0.25) is 0 Å². The maximum Gasteiger partial charge on any atom is 0.419 e. The third-order valence-electron chi connectivity index (χ3n) is 6.10. The van der Waals surface area contributed by atoms with Crippen LogP contribution in [0.2, 0.25) is 10.0 Å². The summed E-state index contributed by atoms with van der Waals surface area (Å²) in [6.07, 6.45) is -9.42. The van der Waals surface area contributed by atoms with E-state index >= 15 is 0 Å². The molecule has 1 atom stereocenters. The van der Waals surface area contributed by atoms with Crippen molar-refractivity contribution >= 4 is 29.1 Å². The number of nitrogens with one attached hydrogen (secondary N) is 1. The minimum Gasteiger partial charge on any atom is -0.337 e. The van der Waals surface area contributed by atoms with Crippen molar-refractivity contribution in [2.24, 2.45) is 0 Å². The number of hydrogen-bond donors (Lipinski definition) is 1. The molecule has 0 spiro atoms. The number of benzene rings is 3. The molecule has 1 aromatic heterocycles. The number of hydrogen-bond acceptors (Lipinski definition) is 2. The number of halogens is 10. The van der Waals surface area contributed by atoms with Crippen molar-refractivity contribution in [3.05, 3.63) is 134 Å². The number of alkyl halides is 6. The second-order valence-electron chi connectivity index (χ2n) is 8.95. The molecule has 0 bridgehead atoms. The summed E-state index contributed by atoms with van der Waals surface area (Å²) in [7, 11) is 0. The Morgan fingerprint density at radius 3 is 2.10 bits per heavy atom. The fourth-order valence-electron chi connectivity index (χ4n) is 4.25. The molecule has 0 aliphatic heterocycles. The number of nitrogens with zero attached hydrogens (tertiary/aromatic N) is 1. The van der Waals surface area contributed by atoms with Crippen LogP contribution >= 0.6 is 23.2 Å². The lowest BCUT2D eigenvalue weighted by Crippen LogP contribution is -2.49. The van der Waals surface area contributed by atoms with Crippen LogP contribution in [0.5, 0.6) is 0 Å². The van der Waals surface area contributed by atoms with E-state index in [1.54, 1.807) is 0 Å². The van der Waals surface area contributed by atoms with Gasteiger partial charge in [-0.05, 0) is 71.8 Å². The van der Waals surface area contributed by atoms with Gasteiger partial charge in [-0.15, -0.1) is 0 Å². The third-order valence-corrected chi connectivity index (χ3v) is 6.56. The molecule has 1 N–H and O–H groups in total. The van der Waals surface area contributed by atoms with E-state index in [4.69, 9.17) is 23.2 Å². The normalized spacial score (nSPS) is 13.5. The predicted molar refractivity (Wildman–Crippen MR) is 135 cm³/mol. The highest BCUT2D eigenvalue weighted by Crippen LogP contribution is 2.39. The van der Waals surface area contributed by atoms with E-state index in [-0.39, 0.29) is 34.3 Å². The molecule has 3 aromatic carbocycles. The lowest BCUT2D eigenvalue weighted by atomic mass is 9.79. The van der Waals surface area contributed by atoms with Gasteiger partial charge in [0.1, 0.15) is 17.2 Å². The van der Waals surface area contributed by atoms with Crippen molar-refractivity contribution < 1.29 is 39.9 Å². The van der Waals surface area contributed by atoms with Crippen LogP contribution in [0.4, 0.5) is 35.1 Å². The molecule has 0 aliphatic carbocycles. The number of carbonyl (C=O) groups is 1. The van der Waals surface area contributed by atoms with E-state index in [0.29, 0.717) is 17.7 Å². The molecular weight excluding hydrogens is 603 g/mol. The van der Waals surface area contributed by atoms with Crippen molar-refractivity contribution in [1.29, 1.82) is 0 Å². The van der Waals surface area contributed by atoms with Crippen molar-refractivity contribution in [2.75, 3.05) is 0 Å². The van der Waals surface area contributed by atoms with Crippen LogP contribution in [0, 0.1) is 11.6 Å². The number of amides is 1. The van der Waals surface area contributed by atoms with E-state index in [1.165, 1.54) is 36.4 Å². The Morgan fingerprint density at radius 2 is 1.49 bits per heavy atom. The van der Waals surface area contributed by atoms with Gasteiger partial charge in [0.15, 0.2) is 0 Å². The topological polar surface area (TPSA) is 42.0 Å². The number of carbonyl (C=O) groups excluding carboxylic acids is 1. The molecule has 0 fully saturated rings. The Balaban J connectivity index is 1.99. The zero-order valence-corrected chi connectivity index (χ0v) is 21.9. The average Bonchev–Trinajstić information content (AvgIpc) is 2.87. The summed E-state index contributed by atoms with van der Waals surface area (Å²) in [6, 6.07) is 11.6. The van der Waals surface area contributed by atoms with E-state index < -0.39 is 57.7 Å². The fraction of sp³-hybridized carbons (Fsp3) is 0.143. The summed E-state index contributed by atoms with van der Waals surface area (Å²) in [5.41, 5.74) is -6.16. The third kappa shape index (κ3) is 6.79. The fourth-order valence-corrected chi connectivity index (χ4v) is 4.58. The van der Waals surface area contributed by atoms with Crippen LogP contribution in [0.15, 0.2) is 79.0 Å². The highest BCUT2D eigenvalue weighted by Gasteiger charge is 2.42. The van der Waals surface area contributed by atoms with Crippen LogP contribution in [-0.4, -0.2) is 10.9 Å². The summed E-state index contributed by atoms with van der Waals surface area (Å²) in [6.45, 7) is 0. The Labute approximate surface area is 237 Å². The SMILES string of the molecule is O=C(N[C@](Cc1cccc(Cl)c1)(c1cc(F)cc(C(F)(F)F)c1)c1ccc(Cl)cn1)c1ccc(F)c(C(F)(F)F)c1. The molecule has 1 heterocycles. The monoisotopic (exact) mass is 618 g/mol. The van der Waals surface area contributed by atoms with E-state index in [1.807, 2.05) is 0 Å². The van der Waals surface area contributed by atoms with Gasteiger partial charge < -0.3 is 5.32 Å². The van der Waals surface area contributed by atoms with Gasteiger partial charge in [-0.25, -0.2) is 8.78 Å². The van der Waals surface area contributed by atoms with Crippen molar-refractivity contribution in [1.82, 2.24) is 10.3 Å². The summed E-state index contributed by atoms with van der Waals surface area (Å²) >= 11 is 12.1. The lowest BCUT2D eigenvalue weighted by Gasteiger charge is -2.36. The smallest absolute Gasteiger partial charge is 0.337 e. The Kier molecular flexibility index (Phi) is 8.33. The summed E-state index contributed by atoms with van der Waals surface area (Å²) in [5, 5.41) is 2.79.